The molecule has 4 atom stereocenters. The van der Waals surface area contributed by atoms with Crippen molar-refractivity contribution >= 4 is 35.1 Å². The molecule has 1 amide bonds. The van der Waals surface area contributed by atoms with E-state index in [9.17, 15) is 23.9 Å². The summed E-state index contributed by atoms with van der Waals surface area (Å²) in [7, 11) is 0. The number of hydrogen-bond donors (Lipinski definition) is 1. The Morgan fingerprint density at radius 2 is 1.77 bits per heavy atom. The van der Waals surface area contributed by atoms with E-state index >= 15 is 0 Å². The Morgan fingerprint density at radius 3 is 2.38 bits per heavy atom. The first kappa shape index (κ1) is 27.3. The van der Waals surface area contributed by atoms with Crippen LogP contribution in [0, 0.1) is 25.6 Å². The maximum Gasteiger partial charge on any atom is 0.330 e. The molecule has 0 spiro atoms. The Hall–Kier alpha value is -4.30. The summed E-state index contributed by atoms with van der Waals surface area (Å²) in [6, 6.07) is 18.6. The molecule has 0 saturated carbocycles. The van der Waals surface area contributed by atoms with Gasteiger partial charge in [-0.2, -0.15) is 0 Å². The van der Waals surface area contributed by atoms with Crippen LogP contribution in [0.5, 0.6) is 0 Å². The number of furan rings is 1. The van der Waals surface area contributed by atoms with Gasteiger partial charge in [0.1, 0.15) is 17.1 Å². The van der Waals surface area contributed by atoms with Crippen molar-refractivity contribution < 1.29 is 28.3 Å². The number of aryl methyl sites for hydroxylation is 2. The molecule has 40 heavy (non-hydrogen) atoms. The molecule has 4 unspecified atom stereocenters. The summed E-state index contributed by atoms with van der Waals surface area (Å²) < 4.78 is 20.0. The number of amides is 1. The van der Waals surface area contributed by atoms with E-state index in [2.05, 4.69) is 0 Å². The van der Waals surface area contributed by atoms with Crippen LogP contribution in [0.25, 0.3) is 6.08 Å². The monoisotopic (exact) mass is 557 g/mol. The molecule has 1 fully saturated rings. The Balaban J connectivity index is 1.77. The number of rotatable bonds is 7. The predicted octanol–water partition coefficient (Wildman–Crippen LogP) is 6.76. The molecule has 6 nitrogen and oxygen atoms in total. The molecular weight excluding hydrogens is 529 g/mol. The summed E-state index contributed by atoms with van der Waals surface area (Å²) in [5, 5.41) is 12.7. The molecule has 8 heteroatoms. The van der Waals surface area contributed by atoms with Crippen molar-refractivity contribution in [2.45, 2.75) is 38.3 Å². The highest BCUT2D eigenvalue weighted by atomic mass is 32.1. The topological polar surface area (TPSA) is 87.8 Å². The van der Waals surface area contributed by atoms with Crippen molar-refractivity contribution in [3.8, 4) is 0 Å². The second-order valence-electron chi connectivity index (χ2n) is 10.1. The molecular formula is C32H28FNO5S. The quantitative estimate of drug-likeness (QED) is 0.254. The molecule has 2 aromatic carbocycles. The average Bonchev–Trinajstić information content (AvgIpc) is 3.63. The van der Waals surface area contributed by atoms with Crippen LogP contribution in [0.1, 0.15) is 55.5 Å². The number of hydrogen-bond acceptors (Lipinski definition) is 5. The van der Waals surface area contributed by atoms with Gasteiger partial charge in [0.15, 0.2) is 5.76 Å². The summed E-state index contributed by atoms with van der Waals surface area (Å²) in [6.07, 6.45) is 3.48. The maximum atomic E-state index is 14.3. The first-order valence-corrected chi connectivity index (χ1v) is 13.7. The van der Waals surface area contributed by atoms with Crippen molar-refractivity contribution in [2.75, 3.05) is 0 Å². The van der Waals surface area contributed by atoms with Gasteiger partial charge in [-0.1, -0.05) is 48.6 Å². The molecule has 0 aliphatic carbocycles. The average molecular weight is 558 g/mol. The van der Waals surface area contributed by atoms with Crippen LogP contribution in [0.3, 0.4) is 0 Å². The zero-order chi connectivity index (χ0) is 28.6. The van der Waals surface area contributed by atoms with Crippen molar-refractivity contribution in [3.63, 3.8) is 0 Å². The second kappa shape index (κ2) is 10.7. The smallest absolute Gasteiger partial charge is 0.330 e. The summed E-state index contributed by atoms with van der Waals surface area (Å²) in [4.78, 5) is 43.6. The highest BCUT2D eigenvalue weighted by Gasteiger charge is 2.65. The van der Waals surface area contributed by atoms with E-state index in [0.717, 1.165) is 17.2 Å². The molecule has 0 bridgehead atoms. The van der Waals surface area contributed by atoms with E-state index in [0.29, 0.717) is 10.6 Å². The number of carboxylic acids is 1. The molecule has 1 saturated heterocycles. The summed E-state index contributed by atoms with van der Waals surface area (Å²) in [5.74, 6) is -4.26. The molecule has 1 aliphatic rings. The Bertz CT molecular complexity index is 1610. The van der Waals surface area contributed by atoms with Crippen LogP contribution in [-0.2, 0) is 4.79 Å². The van der Waals surface area contributed by atoms with Crippen LogP contribution < -0.4 is 0 Å². The largest absolute Gasteiger partial charge is 0.479 e. The van der Waals surface area contributed by atoms with Crippen molar-refractivity contribution in [1.82, 2.24) is 4.90 Å². The number of benzene rings is 2. The highest BCUT2D eigenvalue weighted by molar-refractivity contribution is 7.10. The van der Waals surface area contributed by atoms with Gasteiger partial charge in [-0.05, 0) is 73.7 Å². The Morgan fingerprint density at radius 1 is 1.02 bits per heavy atom. The molecule has 4 aromatic rings. The lowest BCUT2D eigenvalue weighted by Crippen LogP contribution is -2.55. The van der Waals surface area contributed by atoms with Gasteiger partial charge in [0.2, 0.25) is 5.78 Å². The molecule has 2 aromatic heterocycles. The number of thiophene rings is 1. The van der Waals surface area contributed by atoms with E-state index < -0.39 is 46.9 Å². The minimum Gasteiger partial charge on any atom is -0.479 e. The van der Waals surface area contributed by atoms with Crippen LogP contribution in [0.15, 0.2) is 88.7 Å². The fourth-order valence-electron chi connectivity index (χ4n) is 5.65. The summed E-state index contributed by atoms with van der Waals surface area (Å²) in [5.41, 5.74) is -0.225. The summed E-state index contributed by atoms with van der Waals surface area (Å²) >= 11 is 1.35. The zero-order valence-electron chi connectivity index (χ0n) is 22.2. The third-order valence-corrected chi connectivity index (χ3v) is 8.71. The van der Waals surface area contributed by atoms with Crippen molar-refractivity contribution in [3.05, 3.63) is 123 Å². The van der Waals surface area contributed by atoms with Gasteiger partial charge in [0.25, 0.3) is 5.91 Å². The maximum absolute atomic E-state index is 14.3. The number of nitrogens with zero attached hydrogens (tertiary/aromatic N) is 1. The summed E-state index contributed by atoms with van der Waals surface area (Å²) in [6.45, 7) is 5.05. The van der Waals surface area contributed by atoms with Gasteiger partial charge in [0.05, 0.1) is 12.0 Å². The van der Waals surface area contributed by atoms with Crippen LogP contribution in [0.2, 0.25) is 0 Å². The lowest BCUT2D eigenvalue weighted by molar-refractivity contribution is -0.148. The third-order valence-electron chi connectivity index (χ3n) is 7.61. The third kappa shape index (κ3) is 4.69. The zero-order valence-corrected chi connectivity index (χ0v) is 23.0. The Kier molecular flexibility index (Phi) is 7.29. The molecule has 204 valence electrons. The van der Waals surface area contributed by atoms with E-state index in [4.69, 9.17) is 4.42 Å². The molecule has 0 radical (unpaired) electrons. The minimum atomic E-state index is -1.85. The van der Waals surface area contributed by atoms with E-state index in [-0.39, 0.29) is 11.3 Å². The number of ketones is 1. The van der Waals surface area contributed by atoms with E-state index in [1.165, 1.54) is 41.4 Å². The standard InChI is InChI=1S/C32H28FNO5S/c1-19-16-17-40-29(19)27-26(28(35)25-15-12-20(2)39-25)24(14-13-21-8-5-4-6-9-21)34(32(27,3)31(37)38)30(36)22-10-7-11-23(33)18-22/h4-18,24,26-27H,1-3H3,(H,37,38). The molecule has 1 N–H and O–H groups in total. The number of halogens is 1. The number of Topliss-reactive ketones (excluding diaryl/α,β-unsaturated/α-hetero) is 1. The molecule has 5 rings (SSSR count). The van der Waals surface area contributed by atoms with Gasteiger partial charge in [0, 0.05) is 16.4 Å². The lowest BCUT2D eigenvalue weighted by atomic mass is 9.75. The second-order valence-corrected chi connectivity index (χ2v) is 11.1. The van der Waals surface area contributed by atoms with Gasteiger partial charge in [-0.3, -0.25) is 9.59 Å². The van der Waals surface area contributed by atoms with Gasteiger partial charge in [-0.25, -0.2) is 9.18 Å². The molecule has 1 aliphatic heterocycles. The normalized spacial score (nSPS) is 22.6. The SMILES string of the molecule is Cc1ccc(C(=O)C2C(C=Cc3ccccc3)N(C(=O)c3cccc(F)c3)C(C)(C(=O)O)C2c2sccc2C)o1. The van der Waals surface area contributed by atoms with Crippen LogP contribution in [0.4, 0.5) is 4.39 Å². The van der Waals surface area contributed by atoms with Gasteiger partial charge >= 0.3 is 5.97 Å². The van der Waals surface area contributed by atoms with Crippen molar-refractivity contribution in [1.29, 1.82) is 0 Å². The van der Waals surface area contributed by atoms with E-state index in [1.807, 2.05) is 48.7 Å². The number of likely N-dealkylation sites (tertiary alicyclic amines) is 1. The lowest BCUT2D eigenvalue weighted by Gasteiger charge is -2.37. The first-order valence-electron chi connectivity index (χ1n) is 12.8. The van der Waals surface area contributed by atoms with Gasteiger partial charge in [-0.15, -0.1) is 11.3 Å². The van der Waals surface area contributed by atoms with E-state index in [1.54, 1.807) is 31.2 Å². The fourth-order valence-corrected chi connectivity index (χ4v) is 6.84. The Labute approximate surface area is 235 Å². The minimum absolute atomic E-state index is 0.00539. The first-order chi connectivity index (χ1) is 19.1. The van der Waals surface area contributed by atoms with Gasteiger partial charge < -0.3 is 14.4 Å². The highest BCUT2D eigenvalue weighted by Crippen LogP contribution is 2.53. The number of carbonyl (C=O) groups excluding carboxylic acids is 2. The fraction of sp³-hybridized carbons (Fsp3) is 0.219. The number of carbonyl (C=O) groups is 3. The number of carboxylic acid groups (broad SMARTS) is 1. The van der Waals surface area contributed by atoms with Crippen molar-refractivity contribution in [2.24, 2.45) is 5.92 Å². The number of aliphatic carboxylic acids is 1. The van der Waals surface area contributed by atoms with Crippen LogP contribution in [-0.4, -0.2) is 39.2 Å². The van der Waals surface area contributed by atoms with Crippen LogP contribution >= 0.6 is 11.3 Å². The molecule has 3 heterocycles. The predicted molar refractivity (Wildman–Crippen MR) is 151 cm³/mol.